The Balaban J connectivity index is 1.72. The number of piperidine rings is 1. The standard InChI is InChI=1S/C17H26N2O2/c1-13-4-5-17(21-12-14-6-8-20-11-14)16(9-13)19-7-2-3-15(18)10-19/h4-5,9,14-15H,2-3,6-8,10-12,18H2,1H3. The highest BCUT2D eigenvalue weighted by Crippen LogP contribution is 2.32. The van der Waals surface area contributed by atoms with Crippen molar-refractivity contribution in [1.29, 1.82) is 0 Å². The van der Waals surface area contributed by atoms with Gasteiger partial charge in [0.2, 0.25) is 0 Å². The van der Waals surface area contributed by atoms with E-state index in [1.54, 1.807) is 0 Å². The SMILES string of the molecule is Cc1ccc(OCC2CCOC2)c(N2CCCC(N)C2)c1. The fourth-order valence-electron chi connectivity index (χ4n) is 3.15. The second kappa shape index (κ2) is 6.67. The molecule has 4 nitrogen and oxygen atoms in total. The summed E-state index contributed by atoms with van der Waals surface area (Å²) in [6.07, 6.45) is 3.39. The highest BCUT2D eigenvalue weighted by Gasteiger charge is 2.21. The zero-order valence-corrected chi connectivity index (χ0v) is 12.9. The summed E-state index contributed by atoms with van der Waals surface area (Å²) in [5.41, 5.74) is 8.59. The first kappa shape index (κ1) is 14.7. The molecule has 116 valence electrons. The van der Waals surface area contributed by atoms with Crippen molar-refractivity contribution >= 4 is 5.69 Å². The van der Waals surface area contributed by atoms with Crippen LogP contribution in [0.15, 0.2) is 18.2 Å². The van der Waals surface area contributed by atoms with E-state index in [0.29, 0.717) is 5.92 Å². The van der Waals surface area contributed by atoms with Gasteiger partial charge in [0.15, 0.2) is 0 Å². The lowest BCUT2D eigenvalue weighted by molar-refractivity contribution is 0.167. The van der Waals surface area contributed by atoms with Crippen molar-refractivity contribution in [3.63, 3.8) is 0 Å². The zero-order chi connectivity index (χ0) is 14.7. The van der Waals surface area contributed by atoms with Crippen molar-refractivity contribution in [3.8, 4) is 5.75 Å². The third kappa shape index (κ3) is 3.69. The monoisotopic (exact) mass is 290 g/mol. The van der Waals surface area contributed by atoms with Gasteiger partial charge >= 0.3 is 0 Å². The van der Waals surface area contributed by atoms with E-state index in [1.165, 1.54) is 11.3 Å². The predicted octanol–water partition coefficient (Wildman–Crippen LogP) is 2.34. The number of benzene rings is 1. The minimum atomic E-state index is 0.273. The molecule has 2 fully saturated rings. The number of aryl methyl sites for hydroxylation is 1. The van der Waals surface area contributed by atoms with Crippen LogP contribution in [0.25, 0.3) is 0 Å². The Labute approximate surface area is 127 Å². The maximum atomic E-state index is 6.13. The summed E-state index contributed by atoms with van der Waals surface area (Å²) in [6, 6.07) is 6.71. The lowest BCUT2D eigenvalue weighted by Gasteiger charge is -2.34. The van der Waals surface area contributed by atoms with E-state index >= 15 is 0 Å². The van der Waals surface area contributed by atoms with Gasteiger partial charge in [-0.05, 0) is 43.9 Å². The Morgan fingerprint density at radius 2 is 2.29 bits per heavy atom. The molecule has 0 radical (unpaired) electrons. The lowest BCUT2D eigenvalue weighted by Crippen LogP contribution is -2.43. The number of hydrogen-bond acceptors (Lipinski definition) is 4. The van der Waals surface area contributed by atoms with Crippen LogP contribution in [0.4, 0.5) is 5.69 Å². The molecule has 2 heterocycles. The molecule has 0 saturated carbocycles. The van der Waals surface area contributed by atoms with E-state index < -0.39 is 0 Å². The normalized spacial score (nSPS) is 26.1. The largest absolute Gasteiger partial charge is 0.491 e. The van der Waals surface area contributed by atoms with Gasteiger partial charge in [-0.25, -0.2) is 0 Å². The first-order valence-electron chi connectivity index (χ1n) is 8.04. The van der Waals surface area contributed by atoms with Crippen LogP contribution in [-0.2, 0) is 4.74 Å². The van der Waals surface area contributed by atoms with E-state index in [4.69, 9.17) is 15.2 Å². The first-order valence-corrected chi connectivity index (χ1v) is 8.04. The molecule has 0 aliphatic carbocycles. The Morgan fingerprint density at radius 3 is 3.05 bits per heavy atom. The zero-order valence-electron chi connectivity index (χ0n) is 12.9. The number of anilines is 1. The smallest absolute Gasteiger partial charge is 0.142 e. The lowest BCUT2D eigenvalue weighted by atomic mass is 10.0. The third-order valence-electron chi connectivity index (χ3n) is 4.41. The molecule has 0 aromatic heterocycles. The van der Waals surface area contributed by atoms with Gasteiger partial charge in [-0.15, -0.1) is 0 Å². The molecular weight excluding hydrogens is 264 g/mol. The van der Waals surface area contributed by atoms with Crippen LogP contribution in [0.1, 0.15) is 24.8 Å². The molecule has 21 heavy (non-hydrogen) atoms. The molecule has 2 atom stereocenters. The average Bonchev–Trinajstić information content (AvgIpc) is 2.99. The summed E-state index contributed by atoms with van der Waals surface area (Å²) in [5, 5.41) is 0. The number of rotatable bonds is 4. The molecule has 2 N–H and O–H groups in total. The first-order chi connectivity index (χ1) is 10.2. The van der Waals surface area contributed by atoms with Crippen LogP contribution in [0, 0.1) is 12.8 Å². The molecule has 2 saturated heterocycles. The fraction of sp³-hybridized carbons (Fsp3) is 0.647. The van der Waals surface area contributed by atoms with Crippen LogP contribution >= 0.6 is 0 Å². The highest BCUT2D eigenvalue weighted by molar-refractivity contribution is 5.60. The van der Waals surface area contributed by atoms with Gasteiger partial charge in [-0.1, -0.05) is 6.07 Å². The quantitative estimate of drug-likeness (QED) is 0.924. The van der Waals surface area contributed by atoms with Crippen molar-refractivity contribution < 1.29 is 9.47 Å². The highest BCUT2D eigenvalue weighted by atomic mass is 16.5. The third-order valence-corrected chi connectivity index (χ3v) is 4.41. The molecule has 1 aromatic rings. The summed E-state index contributed by atoms with van der Waals surface area (Å²) >= 11 is 0. The van der Waals surface area contributed by atoms with Crippen LogP contribution in [-0.4, -0.2) is 39.0 Å². The second-order valence-corrected chi connectivity index (χ2v) is 6.36. The van der Waals surface area contributed by atoms with Gasteiger partial charge in [0.1, 0.15) is 5.75 Å². The number of nitrogens with two attached hydrogens (primary N) is 1. The maximum absolute atomic E-state index is 6.13. The van der Waals surface area contributed by atoms with Crippen molar-refractivity contribution in [1.82, 2.24) is 0 Å². The molecule has 0 spiro atoms. The minimum Gasteiger partial charge on any atom is -0.491 e. The van der Waals surface area contributed by atoms with E-state index in [2.05, 4.69) is 30.0 Å². The Bertz CT molecular complexity index is 472. The van der Waals surface area contributed by atoms with E-state index in [9.17, 15) is 0 Å². The Morgan fingerprint density at radius 1 is 1.38 bits per heavy atom. The van der Waals surface area contributed by atoms with Gasteiger partial charge < -0.3 is 20.1 Å². The summed E-state index contributed by atoms with van der Waals surface area (Å²) < 4.78 is 11.5. The average molecular weight is 290 g/mol. The molecular formula is C17H26N2O2. The molecule has 2 aliphatic rings. The van der Waals surface area contributed by atoms with Crippen molar-refractivity contribution in [2.45, 2.75) is 32.2 Å². The Hall–Kier alpha value is -1.26. The summed E-state index contributed by atoms with van der Waals surface area (Å²) in [4.78, 5) is 2.38. The van der Waals surface area contributed by atoms with Gasteiger partial charge in [0.25, 0.3) is 0 Å². The topological polar surface area (TPSA) is 47.7 Å². The van der Waals surface area contributed by atoms with Gasteiger partial charge in [0.05, 0.1) is 18.9 Å². The molecule has 1 aromatic carbocycles. The van der Waals surface area contributed by atoms with E-state index in [-0.39, 0.29) is 6.04 Å². The fourth-order valence-corrected chi connectivity index (χ4v) is 3.15. The number of nitrogens with zero attached hydrogens (tertiary/aromatic N) is 1. The van der Waals surface area contributed by atoms with Gasteiger partial charge in [-0.2, -0.15) is 0 Å². The maximum Gasteiger partial charge on any atom is 0.142 e. The molecule has 0 bridgehead atoms. The van der Waals surface area contributed by atoms with Crippen LogP contribution in [0.3, 0.4) is 0 Å². The minimum absolute atomic E-state index is 0.273. The van der Waals surface area contributed by atoms with Crippen molar-refractivity contribution in [2.75, 3.05) is 37.8 Å². The summed E-state index contributed by atoms with van der Waals surface area (Å²) in [6.45, 7) is 6.57. The molecule has 2 unspecified atom stereocenters. The molecule has 2 aliphatic heterocycles. The van der Waals surface area contributed by atoms with E-state index in [1.807, 2.05) is 0 Å². The van der Waals surface area contributed by atoms with Crippen LogP contribution < -0.4 is 15.4 Å². The second-order valence-electron chi connectivity index (χ2n) is 6.36. The Kier molecular flexibility index (Phi) is 4.66. The van der Waals surface area contributed by atoms with Gasteiger partial charge in [0, 0.05) is 31.7 Å². The van der Waals surface area contributed by atoms with Gasteiger partial charge in [-0.3, -0.25) is 0 Å². The van der Waals surface area contributed by atoms with E-state index in [0.717, 1.165) is 57.9 Å². The molecule has 0 amide bonds. The van der Waals surface area contributed by atoms with Crippen LogP contribution in [0.5, 0.6) is 5.75 Å². The summed E-state index contributed by atoms with van der Waals surface area (Å²) in [7, 11) is 0. The van der Waals surface area contributed by atoms with Crippen molar-refractivity contribution in [3.05, 3.63) is 23.8 Å². The predicted molar refractivity (Wildman–Crippen MR) is 85.0 cm³/mol. The van der Waals surface area contributed by atoms with Crippen LogP contribution in [0.2, 0.25) is 0 Å². The summed E-state index contributed by atoms with van der Waals surface area (Å²) in [5.74, 6) is 1.52. The van der Waals surface area contributed by atoms with Crippen molar-refractivity contribution in [2.24, 2.45) is 11.7 Å². The molecule has 4 heteroatoms. The number of ether oxygens (including phenoxy) is 2. The number of hydrogen-bond donors (Lipinski definition) is 1. The molecule has 3 rings (SSSR count).